The van der Waals surface area contributed by atoms with Gasteiger partial charge in [0, 0.05) is 22.4 Å². The number of nitrogens with two attached hydrogens (primary N) is 1. The molecule has 0 unspecified atom stereocenters. The summed E-state index contributed by atoms with van der Waals surface area (Å²) in [6.45, 7) is 3.45. The molecule has 0 fully saturated rings. The van der Waals surface area contributed by atoms with E-state index in [4.69, 9.17) is 10.2 Å². The summed E-state index contributed by atoms with van der Waals surface area (Å²) in [4.78, 5) is 26.8. The molecule has 0 radical (unpaired) electrons. The van der Waals surface area contributed by atoms with Gasteiger partial charge in [0.25, 0.3) is 6.01 Å². The summed E-state index contributed by atoms with van der Waals surface area (Å²) < 4.78 is 5.71. The van der Waals surface area contributed by atoms with Crippen LogP contribution in [0.25, 0.3) is 11.3 Å². The van der Waals surface area contributed by atoms with Crippen LogP contribution in [-0.2, 0) is 0 Å². The number of carbonyl (C=O) groups is 2. The van der Waals surface area contributed by atoms with Crippen molar-refractivity contribution in [3.63, 3.8) is 0 Å². The molecule has 1 aromatic heterocycles. The molecule has 6 nitrogen and oxygen atoms in total. The average Bonchev–Trinajstić information content (AvgIpc) is 3.05. The van der Waals surface area contributed by atoms with Gasteiger partial charge in [0.1, 0.15) is 0 Å². The van der Waals surface area contributed by atoms with E-state index in [0.29, 0.717) is 22.9 Å². The summed E-state index contributed by atoms with van der Waals surface area (Å²) in [6.07, 6.45) is 1.59. The molecule has 126 valence electrons. The molecule has 25 heavy (non-hydrogen) atoms. The summed E-state index contributed by atoms with van der Waals surface area (Å²) in [5.74, 6) is 0.0666. The van der Waals surface area contributed by atoms with Crippen molar-refractivity contribution in [2.45, 2.75) is 13.8 Å². The third-order valence-corrected chi connectivity index (χ3v) is 3.85. The highest BCUT2D eigenvalue weighted by Crippen LogP contribution is 2.26. The molecule has 0 bridgehead atoms. The minimum atomic E-state index is -0.479. The van der Waals surface area contributed by atoms with Crippen LogP contribution in [0, 0.1) is 6.92 Å². The summed E-state index contributed by atoms with van der Waals surface area (Å²) in [7, 11) is 0. The molecule has 0 saturated carbocycles. The third-order valence-electron chi connectivity index (χ3n) is 3.85. The largest absolute Gasteiger partial charge is 0.423 e. The van der Waals surface area contributed by atoms with Crippen LogP contribution in [0.3, 0.4) is 0 Å². The first-order valence-electron chi connectivity index (χ1n) is 7.69. The van der Waals surface area contributed by atoms with Gasteiger partial charge in [-0.1, -0.05) is 24.3 Å². The zero-order chi connectivity index (χ0) is 18.0. The van der Waals surface area contributed by atoms with Gasteiger partial charge in [-0.05, 0) is 37.6 Å². The van der Waals surface area contributed by atoms with E-state index >= 15 is 0 Å². The van der Waals surface area contributed by atoms with Crippen molar-refractivity contribution < 1.29 is 14.0 Å². The van der Waals surface area contributed by atoms with Gasteiger partial charge in [0.2, 0.25) is 5.91 Å². The van der Waals surface area contributed by atoms with Crippen molar-refractivity contribution in [3.05, 3.63) is 65.4 Å². The van der Waals surface area contributed by atoms with Crippen molar-refractivity contribution in [2.24, 2.45) is 5.73 Å². The van der Waals surface area contributed by atoms with Crippen molar-refractivity contribution in [1.82, 2.24) is 4.98 Å². The molecule has 3 rings (SSSR count). The van der Waals surface area contributed by atoms with Gasteiger partial charge < -0.3 is 15.5 Å². The van der Waals surface area contributed by atoms with Gasteiger partial charge in [-0.2, -0.15) is 0 Å². The number of rotatable bonds is 5. The SMILES string of the molecule is CC(=O)c1ccc(C)c(Nc2ncc(-c3ccc(C(N)=O)cc3)o2)c1. The normalized spacial score (nSPS) is 10.5. The number of primary amides is 1. The number of nitrogens with one attached hydrogen (secondary N) is 1. The molecule has 6 heteroatoms. The molecule has 0 aliphatic heterocycles. The van der Waals surface area contributed by atoms with Gasteiger partial charge in [-0.3, -0.25) is 9.59 Å². The van der Waals surface area contributed by atoms with E-state index in [1.807, 2.05) is 13.0 Å². The fourth-order valence-corrected chi connectivity index (χ4v) is 2.35. The summed E-state index contributed by atoms with van der Waals surface area (Å²) in [5, 5.41) is 3.08. The van der Waals surface area contributed by atoms with Crippen molar-refractivity contribution in [2.75, 3.05) is 5.32 Å². The highest BCUT2D eigenvalue weighted by Gasteiger charge is 2.10. The molecule has 0 atom stereocenters. The van der Waals surface area contributed by atoms with Crippen LogP contribution in [0.5, 0.6) is 0 Å². The quantitative estimate of drug-likeness (QED) is 0.693. The molecule has 0 spiro atoms. The average molecular weight is 335 g/mol. The van der Waals surface area contributed by atoms with Gasteiger partial charge in [-0.15, -0.1) is 0 Å². The number of aromatic nitrogens is 1. The Labute approximate surface area is 144 Å². The number of nitrogens with zero attached hydrogens (tertiary/aromatic N) is 1. The second-order valence-corrected chi connectivity index (χ2v) is 5.68. The van der Waals surface area contributed by atoms with Crippen LogP contribution in [0.15, 0.2) is 53.1 Å². The van der Waals surface area contributed by atoms with E-state index in [1.165, 1.54) is 6.92 Å². The van der Waals surface area contributed by atoms with Crippen LogP contribution in [-0.4, -0.2) is 16.7 Å². The highest BCUT2D eigenvalue weighted by molar-refractivity contribution is 5.95. The second-order valence-electron chi connectivity index (χ2n) is 5.68. The summed E-state index contributed by atoms with van der Waals surface area (Å²) in [5.41, 5.74) is 8.77. The maximum absolute atomic E-state index is 11.5. The van der Waals surface area contributed by atoms with Gasteiger partial charge in [0.15, 0.2) is 11.5 Å². The van der Waals surface area contributed by atoms with E-state index in [-0.39, 0.29) is 5.78 Å². The number of hydrogen-bond donors (Lipinski definition) is 2. The third kappa shape index (κ3) is 3.58. The Morgan fingerprint density at radius 2 is 1.76 bits per heavy atom. The zero-order valence-corrected chi connectivity index (χ0v) is 13.9. The van der Waals surface area contributed by atoms with Crippen molar-refractivity contribution >= 4 is 23.4 Å². The van der Waals surface area contributed by atoms with Crippen LogP contribution >= 0.6 is 0 Å². The lowest BCUT2D eigenvalue weighted by Gasteiger charge is -2.07. The molecule has 0 aliphatic rings. The number of amides is 1. The molecule has 3 aromatic rings. The molecule has 0 saturated heterocycles. The molecule has 3 N–H and O–H groups in total. The molecule has 2 aromatic carbocycles. The van der Waals surface area contributed by atoms with Crippen LogP contribution in [0.2, 0.25) is 0 Å². The number of benzene rings is 2. The molecule has 1 heterocycles. The first kappa shape index (κ1) is 16.4. The minimum Gasteiger partial charge on any atom is -0.423 e. The highest BCUT2D eigenvalue weighted by atomic mass is 16.4. The maximum Gasteiger partial charge on any atom is 0.299 e. The predicted molar refractivity (Wildman–Crippen MR) is 94.9 cm³/mol. The monoisotopic (exact) mass is 335 g/mol. The van der Waals surface area contributed by atoms with E-state index in [9.17, 15) is 9.59 Å². The van der Waals surface area contributed by atoms with E-state index in [1.54, 1.807) is 42.6 Å². The zero-order valence-electron chi connectivity index (χ0n) is 13.9. The standard InChI is InChI=1S/C19H17N3O3/c1-11-3-4-15(12(2)23)9-16(11)22-19-21-10-17(25-19)13-5-7-14(8-6-13)18(20)24/h3-10H,1-2H3,(H2,20,24)(H,21,22). The number of aryl methyl sites for hydroxylation is 1. The first-order valence-corrected chi connectivity index (χ1v) is 7.69. The fraction of sp³-hybridized carbons (Fsp3) is 0.105. The van der Waals surface area contributed by atoms with Crippen LogP contribution in [0.4, 0.5) is 11.7 Å². The smallest absolute Gasteiger partial charge is 0.299 e. The van der Waals surface area contributed by atoms with E-state index in [2.05, 4.69) is 10.3 Å². The minimum absolute atomic E-state index is 0.00863. The Morgan fingerprint density at radius 1 is 1.08 bits per heavy atom. The molecular weight excluding hydrogens is 318 g/mol. The Kier molecular flexibility index (Phi) is 4.35. The van der Waals surface area contributed by atoms with E-state index in [0.717, 1.165) is 16.8 Å². The number of Topliss-reactive ketones (excluding diaryl/α,β-unsaturated/α-hetero) is 1. The number of hydrogen-bond acceptors (Lipinski definition) is 5. The second kappa shape index (κ2) is 6.60. The van der Waals surface area contributed by atoms with Gasteiger partial charge in [-0.25, -0.2) is 4.98 Å². The molecule has 1 amide bonds. The lowest BCUT2D eigenvalue weighted by atomic mass is 10.1. The van der Waals surface area contributed by atoms with E-state index < -0.39 is 5.91 Å². The van der Waals surface area contributed by atoms with Crippen LogP contribution < -0.4 is 11.1 Å². The predicted octanol–water partition coefficient (Wildman–Crippen LogP) is 3.70. The fourth-order valence-electron chi connectivity index (χ4n) is 2.35. The first-order chi connectivity index (χ1) is 11.9. The number of carbonyl (C=O) groups excluding carboxylic acids is 2. The number of oxazole rings is 1. The summed E-state index contributed by atoms with van der Waals surface area (Å²) in [6, 6.07) is 12.5. The topological polar surface area (TPSA) is 98.2 Å². The Balaban J connectivity index is 1.83. The van der Waals surface area contributed by atoms with Crippen LogP contribution in [0.1, 0.15) is 33.2 Å². The van der Waals surface area contributed by atoms with Gasteiger partial charge in [0.05, 0.1) is 6.20 Å². The summed E-state index contributed by atoms with van der Waals surface area (Å²) >= 11 is 0. The lowest BCUT2D eigenvalue weighted by molar-refractivity contribution is 0.0996. The number of ketones is 1. The Hall–Kier alpha value is -3.41. The Morgan fingerprint density at radius 3 is 2.40 bits per heavy atom. The van der Waals surface area contributed by atoms with Crippen molar-refractivity contribution in [3.8, 4) is 11.3 Å². The number of anilines is 2. The molecular formula is C19H17N3O3. The molecule has 0 aliphatic carbocycles. The van der Waals surface area contributed by atoms with Gasteiger partial charge >= 0.3 is 0 Å². The Bertz CT molecular complexity index is 943. The van der Waals surface area contributed by atoms with Crippen molar-refractivity contribution in [1.29, 1.82) is 0 Å². The maximum atomic E-state index is 11.5. The lowest BCUT2D eigenvalue weighted by Crippen LogP contribution is -2.10.